The number of nitrogens with two attached hydrogens (primary N) is 1. The highest BCUT2D eigenvalue weighted by Crippen LogP contribution is 2.41. The predicted octanol–water partition coefficient (Wildman–Crippen LogP) is 1.17. The Hall–Kier alpha value is -0.940. The molecule has 2 aromatic rings. The molecule has 2 N–H and O–H groups in total. The van der Waals surface area contributed by atoms with E-state index in [0.717, 1.165) is 23.0 Å². The summed E-state index contributed by atoms with van der Waals surface area (Å²) in [6.45, 7) is 0.653. The first-order valence-electron chi connectivity index (χ1n) is 4.92. The van der Waals surface area contributed by atoms with Crippen LogP contribution < -0.4 is 5.73 Å². The molecule has 0 aromatic carbocycles. The van der Waals surface area contributed by atoms with E-state index >= 15 is 0 Å². The van der Waals surface area contributed by atoms with Crippen molar-refractivity contribution >= 4 is 16.3 Å². The second-order valence-electron chi connectivity index (χ2n) is 3.71. The first-order chi connectivity index (χ1) is 6.86. The standard InChI is InChI=1S/C9H12N4S/c10-4-3-7-5-13-9(11-7)14-8(12-13)6-1-2-6/h5-6H,1-4,10H2. The summed E-state index contributed by atoms with van der Waals surface area (Å²) >= 11 is 1.71. The van der Waals surface area contributed by atoms with Crippen LogP contribution in [-0.2, 0) is 6.42 Å². The predicted molar refractivity (Wildman–Crippen MR) is 55.6 cm³/mol. The van der Waals surface area contributed by atoms with Crippen molar-refractivity contribution in [2.24, 2.45) is 5.73 Å². The third-order valence-electron chi connectivity index (χ3n) is 2.44. The van der Waals surface area contributed by atoms with Crippen LogP contribution in [0.2, 0.25) is 0 Å². The molecule has 1 aliphatic rings. The Balaban J connectivity index is 1.97. The lowest BCUT2D eigenvalue weighted by Gasteiger charge is -1.87. The summed E-state index contributed by atoms with van der Waals surface area (Å²) in [4.78, 5) is 5.48. The maximum Gasteiger partial charge on any atom is 0.212 e. The third-order valence-corrected chi connectivity index (χ3v) is 3.52. The third kappa shape index (κ3) is 1.33. The van der Waals surface area contributed by atoms with E-state index in [4.69, 9.17) is 5.73 Å². The Morgan fingerprint density at radius 1 is 1.57 bits per heavy atom. The largest absolute Gasteiger partial charge is 0.330 e. The first-order valence-corrected chi connectivity index (χ1v) is 5.73. The van der Waals surface area contributed by atoms with Crippen molar-refractivity contribution in [3.05, 3.63) is 16.9 Å². The number of rotatable bonds is 3. The van der Waals surface area contributed by atoms with Gasteiger partial charge in [-0.1, -0.05) is 11.3 Å². The quantitative estimate of drug-likeness (QED) is 0.823. The number of hydrogen-bond donors (Lipinski definition) is 1. The normalized spacial score (nSPS) is 16.6. The van der Waals surface area contributed by atoms with Crippen molar-refractivity contribution in [2.45, 2.75) is 25.2 Å². The Labute approximate surface area is 85.8 Å². The van der Waals surface area contributed by atoms with Gasteiger partial charge in [0.05, 0.1) is 11.9 Å². The molecular formula is C9H12N4S. The monoisotopic (exact) mass is 208 g/mol. The molecule has 0 radical (unpaired) electrons. The zero-order valence-corrected chi connectivity index (χ0v) is 8.63. The Kier molecular flexibility index (Phi) is 1.81. The van der Waals surface area contributed by atoms with Gasteiger partial charge >= 0.3 is 0 Å². The van der Waals surface area contributed by atoms with Gasteiger partial charge < -0.3 is 5.73 Å². The second kappa shape index (κ2) is 3.03. The Bertz CT molecular complexity index is 423. The molecule has 1 saturated carbocycles. The maximum absolute atomic E-state index is 5.47. The van der Waals surface area contributed by atoms with Crippen LogP contribution in [0.25, 0.3) is 4.96 Å². The number of fused-ring (bicyclic) bond motifs is 1. The zero-order valence-electron chi connectivity index (χ0n) is 7.81. The molecule has 3 rings (SSSR count). The summed E-state index contributed by atoms with van der Waals surface area (Å²) in [5, 5.41) is 5.75. The van der Waals surface area contributed by atoms with Crippen molar-refractivity contribution in [3.63, 3.8) is 0 Å². The van der Waals surface area contributed by atoms with Gasteiger partial charge in [-0.2, -0.15) is 5.10 Å². The molecule has 0 spiro atoms. The molecule has 1 aliphatic carbocycles. The fourth-order valence-electron chi connectivity index (χ4n) is 1.52. The zero-order chi connectivity index (χ0) is 9.54. The minimum Gasteiger partial charge on any atom is -0.330 e. The van der Waals surface area contributed by atoms with E-state index in [9.17, 15) is 0 Å². The van der Waals surface area contributed by atoms with Crippen molar-refractivity contribution < 1.29 is 0 Å². The van der Waals surface area contributed by atoms with Crippen LogP contribution in [0.1, 0.15) is 29.5 Å². The molecule has 4 nitrogen and oxygen atoms in total. The second-order valence-corrected chi connectivity index (χ2v) is 4.70. The summed E-state index contributed by atoms with van der Waals surface area (Å²) < 4.78 is 1.89. The van der Waals surface area contributed by atoms with Crippen LogP contribution in [0, 0.1) is 0 Å². The molecule has 2 aromatic heterocycles. The van der Waals surface area contributed by atoms with Gasteiger partial charge in [0.2, 0.25) is 4.96 Å². The number of nitrogens with zero attached hydrogens (tertiary/aromatic N) is 3. The molecule has 1 fully saturated rings. The van der Waals surface area contributed by atoms with Gasteiger partial charge in [0.1, 0.15) is 5.01 Å². The smallest absolute Gasteiger partial charge is 0.212 e. The maximum atomic E-state index is 5.47. The average molecular weight is 208 g/mol. The van der Waals surface area contributed by atoms with Gasteiger partial charge in [-0.15, -0.1) is 0 Å². The summed E-state index contributed by atoms with van der Waals surface area (Å²) in [5.41, 5.74) is 6.52. The van der Waals surface area contributed by atoms with Crippen molar-refractivity contribution in [1.82, 2.24) is 14.6 Å². The molecule has 14 heavy (non-hydrogen) atoms. The molecule has 0 unspecified atom stereocenters. The van der Waals surface area contributed by atoms with Gasteiger partial charge in [-0.25, -0.2) is 9.50 Å². The Morgan fingerprint density at radius 2 is 2.43 bits per heavy atom. The van der Waals surface area contributed by atoms with Crippen LogP contribution in [0.4, 0.5) is 0 Å². The molecule has 2 heterocycles. The lowest BCUT2D eigenvalue weighted by atomic mass is 10.3. The molecule has 0 atom stereocenters. The van der Waals surface area contributed by atoms with Crippen LogP contribution in [0.5, 0.6) is 0 Å². The minimum absolute atomic E-state index is 0.653. The van der Waals surface area contributed by atoms with Crippen molar-refractivity contribution in [2.75, 3.05) is 6.54 Å². The Morgan fingerprint density at radius 3 is 3.07 bits per heavy atom. The average Bonchev–Trinajstić information content (AvgIpc) is 2.82. The van der Waals surface area contributed by atoms with Crippen LogP contribution in [0.3, 0.4) is 0 Å². The molecular weight excluding hydrogens is 196 g/mol. The van der Waals surface area contributed by atoms with E-state index in [1.807, 2.05) is 10.7 Å². The first kappa shape index (κ1) is 8.38. The van der Waals surface area contributed by atoms with E-state index < -0.39 is 0 Å². The van der Waals surface area contributed by atoms with E-state index in [-0.39, 0.29) is 0 Å². The summed E-state index contributed by atoms with van der Waals surface area (Å²) in [6.07, 6.45) is 5.43. The van der Waals surface area contributed by atoms with E-state index in [1.54, 1.807) is 11.3 Å². The molecule has 0 amide bonds. The van der Waals surface area contributed by atoms with E-state index in [1.165, 1.54) is 17.8 Å². The summed E-state index contributed by atoms with van der Waals surface area (Å²) in [5.74, 6) is 0.722. The molecule has 0 saturated heterocycles. The molecule has 0 aliphatic heterocycles. The summed E-state index contributed by atoms with van der Waals surface area (Å²) in [6, 6.07) is 0. The molecule has 0 bridgehead atoms. The number of aromatic nitrogens is 3. The van der Waals surface area contributed by atoms with Gasteiger partial charge in [0.15, 0.2) is 0 Å². The van der Waals surface area contributed by atoms with Crippen LogP contribution in [-0.4, -0.2) is 21.1 Å². The SMILES string of the molecule is NCCc1cn2nc(C3CC3)sc2n1. The highest BCUT2D eigenvalue weighted by molar-refractivity contribution is 7.16. The van der Waals surface area contributed by atoms with Gasteiger partial charge in [0.25, 0.3) is 0 Å². The molecule has 5 heteroatoms. The highest BCUT2D eigenvalue weighted by atomic mass is 32.1. The lowest BCUT2D eigenvalue weighted by Crippen LogP contribution is -2.02. The molecule has 74 valence electrons. The van der Waals surface area contributed by atoms with Gasteiger partial charge in [0, 0.05) is 12.3 Å². The highest BCUT2D eigenvalue weighted by Gasteiger charge is 2.27. The van der Waals surface area contributed by atoms with Crippen molar-refractivity contribution in [3.8, 4) is 0 Å². The van der Waals surface area contributed by atoms with Gasteiger partial charge in [-0.05, 0) is 19.4 Å². The van der Waals surface area contributed by atoms with Gasteiger partial charge in [-0.3, -0.25) is 0 Å². The van der Waals surface area contributed by atoms with E-state index in [0.29, 0.717) is 6.54 Å². The minimum atomic E-state index is 0.653. The van der Waals surface area contributed by atoms with Crippen molar-refractivity contribution in [1.29, 1.82) is 0 Å². The number of hydrogen-bond acceptors (Lipinski definition) is 4. The van der Waals surface area contributed by atoms with Crippen LogP contribution >= 0.6 is 11.3 Å². The fraction of sp³-hybridized carbons (Fsp3) is 0.556. The topological polar surface area (TPSA) is 56.2 Å². The van der Waals surface area contributed by atoms with Crippen LogP contribution in [0.15, 0.2) is 6.20 Å². The number of imidazole rings is 1. The van der Waals surface area contributed by atoms with E-state index in [2.05, 4.69) is 10.1 Å². The summed E-state index contributed by atoms with van der Waals surface area (Å²) in [7, 11) is 0. The lowest BCUT2D eigenvalue weighted by molar-refractivity contribution is 0.890. The fourth-order valence-corrected chi connectivity index (χ4v) is 2.59.